The molecule has 2 aromatic rings. The SMILES string of the molecule is Cc1cc(S(=O)(=O)Nc2ccc(COCC(F)(F)F)cn2)c(Cl)cc1Cl. The molecule has 11 heteroatoms. The molecule has 142 valence electrons. The monoisotopic (exact) mass is 428 g/mol. The summed E-state index contributed by atoms with van der Waals surface area (Å²) >= 11 is 11.8. The van der Waals surface area contributed by atoms with Gasteiger partial charge < -0.3 is 4.74 Å². The summed E-state index contributed by atoms with van der Waals surface area (Å²) < 4.78 is 67.7. The number of pyridine rings is 1. The van der Waals surface area contributed by atoms with E-state index in [-0.39, 0.29) is 22.3 Å². The molecule has 0 radical (unpaired) electrons. The lowest BCUT2D eigenvalue weighted by molar-refractivity contribution is -0.176. The minimum absolute atomic E-state index is 0.0201. The number of nitrogens with zero attached hydrogens (tertiary/aromatic N) is 1. The molecule has 5 nitrogen and oxygen atoms in total. The van der Waals surface area contributed by atoms with Crippen molar-refractivity contribution in [1.29, 1.82) is 0 Å². The van der Waals surface area contributed by atoms with E-state index < -0.39 is 22.8 Å². The zero-order valence-corrected chi connectivity index (χ0v) is 15.6. The van der Waals surface area contributed by atoms with Crippen molar-refractivity contribution in [1.82, 2.24) is 4.98 Å². The number of ether oxygens (including phenoxy) is 1. The molecule has 0 atom stereocenters. The van der Waals surface area contributed by atoms with E-state index in [1.165, 1.54) is 30.5 Å². The van der Waals surface area contributed by atoms with Gasteiger partial charge in [0.05, 0.1) is 11.6 Å². The van der Waals surface area contributed by atoms with Crippen molar-refractivity contribution in [3.05, 3.63) is 51.6 Å². The number of rotatable bonds is 6. The highest BCUT2D eigenvalue weighted by Crippen LogP contribution is 2.29. The number of halogens is 5. The summed E-state index contributed by atoms with van der Waals surface area (Å²) in [5.74, 6) is -0.0201. The van der Waals surface area contributed by atoms with Crippen LogP contribution in [0.4, 0.5) is 19.0 Å². The van der Waals surface area contributed by atoms with Crippen LogP contribution >= 0.6 is 23.2 Å². The summed E-state index contributed by atoms with van der Waals surface area (Å²) in [6, 6.07) is 5.35. The van der Waals surface area contributed by atoms with Crippen LogP contribution in [0.1, 0.15) is 11.1 Å². The van der Waals surface area contributed by atoms with Gasteiger partial charge in [0.25, 0.3) is 10.0 Å². The standard InChI is InChI=1S/C15H13Cl2F3N2O3S/c1-9-4-13(12(17)5-11(9)16)26(23,24)22-14-3-2-10(6-21-14)7-25-8-15(18,19)20/h2-6H,7-8H2,1H3,(H,21,22). The Morgan fingerprint density at radius 2 is 1.88 bits per heavy atom. The van der Waals surface area contributed by atoms with E-state index in [9.17, 15) is 21.6 Å². The van der Waals surface area contributed by atoms with E-state index in [2.05, 4.69) is 14.4 Å². The molecular weight excluding hydrogens is 416 g/mol. The number of aryl methyl sites for hydroxylation is 1. The van der Waals surface area contributed by atoms with Gasteiger partial charge in [0.15, 0.2) is 0 Å². The molecule has 1 N–H and O–H groups in total. The molecule has 0 bridgehead atoms. The maximum atomic E-state index is 12.4. The number of nitrogens with one attached hydrogen (secondary N) is 1. The quantitative estimate of drug-likeness (QED) is 0.730. The molecule has 2 rings (SSSR count). The second kappa shape index (κ2) is 7.99. The van der Waals surface area contributed by atoms with Crippen LogP contribution < -0.4 is 4.72 Å². The Morgan fingerprint density at radius 1 is 1.19 bits per heavy atom. The third kappa shape index (κ3) is 5.73. The predicted octanol–water partition coefficient (Wildman–Crippen LogP) is 4.58. The van der Waals surface area contributed by atoms with Crippen LogP contribution in [0, 0.1) is 6.92 Å². The Morgan fingerprint density at radius 3 is 2.46 bits per heavy atom. The number of anilines is 1. The molecule has 0 spiro atoms. The number of sulfonamides is 1. The lowest BCUT2D eigenvalue weighted by atomic mass is 10.2. The van der Waals surface area contributed by atoms with E-state index in [1.54, 1.807) is 6.92 Å². The molecule has 0 aliphatic heterocycles. The van der Waals surface area contributed by atoms with Crippen molar-refractivity contribution in [3.63, 3.8) is 0 Å². The van der Waals surface area contributed by atoms with Crippen LogP contribution in [0.5, 0.6) is 0 Å². The highest BCUT2D eigenvalue weighted by Gasteiger charge is 2.27. The van der Waals surface area contributed by atoms with Crippen LogP contribution in [-0.2, 0) is 21.4 Å². The van der Waals surface area contributed by atoms with Gasteiger partial charge in [-0.25, -0.2) is 13.4 Å². The van der Waals surface area contributed by atoms with Crippen molar-refractivity contribution in [2.75, 3.05) is 11.3 Å². The van der Waals surface area contributed by atoms with Gasteiger partial charge in [-0.2, -0.15) is 13.2 Å². The van der Waals surface area contributed by atoms with Crippen molar-refractivity contribution in [2.24, 2.45) is 0 Å². The smallest absolute Gasteiger partial charge is 0.367 e. The fraction of sp³-hybridized carbons (Fsp3) is 0.267. The molecule has 0 aliphatic carbocycles. The fourth-order valence-electron chi connectivity index (χ4n) is 1.88. The van der Waals surface area contributed by atoms with Crippen molar-refractivity contribution < 1.29 is 26.3 Å². The Kier molecular flexibility index (Phi) is 6.38. The Bertz CT molecular complexity index is 888. The number of aromatic nitrogens is 1. The lowest BCUT2D eigenvalue weighted by Gasteiger charge is -2.11. The van der Waals surface area contributed by atoms with Gasteiger partial charge in [0.1, 0.15) is 17.3 Å². The average molecular weight is 429 g/mol. The molecule has 0 fully saturated rings. The van der Waals surface area contributed by atoms with E-state index >= 15 is 0 Å². The number of hydrogen-bond acceptors (Lipinski definition) is 4. The lowest BCUT2D eigenvalue weighted by Crippen LogP contribution is -2.17. The molecule has 0 saturated heterocycles. The minimum Gasteiger partial charge on any atom is -0.367 e. The second-order valence-corrected chi connectivity index (χ2v) is 7.76. The van der Waals surface area contributed by atoms with Crippen LogP contribution in [0.15, 0.2) is 35.4 Å². The van der Waals surface area contributed by atoms with Crippen molar-refractivity contribution in [3.8, 4) is 0 Å². The van der Waals surface area contributed by atoms with Crippen molar-refractivity contribution in [2.45, 2.75) is 24.6 Å². The van der Waals surface area contributed by atoms with Gasteiger partial charge in [-0.1, -0.05) is 29.3 Å². The summed E-state index contributed by atoms with van der Waals surface area (Å²) in [5, 5.41) is 0.278. The Balaban J connectivity index is 2.09. The first kappa shape index (κ1) is 20.8. The number of benzene rings is 1. The van der Waals surface area contributed by atoms with E-state index in [0.717, 1.165) is 0 Å². The zero-order chi connectivity index (χ0) is 19.5. The highest BCUT2D eigenvalue weighted by atomic mass is 35.5. The first-order valence-corrected chi connectivity index (χ1v) is 9.30. The van der Waals surface area contributed by atoms with E-state index in [0.29, 0.717) is 16.1 Å². The predicted molar refractivity (Wildman–Crippen MR) is 92.0 cm³/mol. The van der Waals surface area contributed by atoms with Crippen molar-refractivity contribution >= 4 is 39.0 Å². The molecule has 26 heavy (non-hydrogen) atoms. The summed E-state index contributed by atoms with van der Waals surface area (Å²) in [4.78, 5) is 3.69. The first-order valence-electron chi connectivity index (χ1n) is 7.06. The Labute approximate surface area is 158 Å². The maximum Gasteiger partial charge on any atom is 0.411 e. The van der Waals surface area contributed by atoms with Crippen LogP contribution in [0.2, 0.25) is 10.0 Å². The fourth-order valence-corrected chi connectivity index (χ4v) is 3.73. The normalized spacial score (nSPS) is 12.2. The van der Waals surface area contributed by atoms with Gasteiger partial charge in [-0.05, 0) is 36.2 Å². The van der Waals surface area contributed by atoms with Gasteiger partial charge in [-0.3, -0.25) is 4.72 Å². The summed E-state index contributed by atoms with van der Waals surface area (Å²) in [6.07, 6.45) is -3.21. The molecule has 1 heterocycles. The maximum absolute atomic E-state index is 12.4. The summed E-state index contributed by atoms with van der Waals surface area (Å²) in [6.45, 7) is -0.0524. The minimum atomic E-state index is -4.42. The molecule has 0 amide bonds. The molecule has 1 aromatic carbocycles. The molecule has 0 unspecified atom stereocenters. The topological polar surface area (TPSA) is 68.3 Å². The largest absolute Gasteiger partial charge is 0.411 e. The third-order valence-electron chi connectivity index (χ3n) is 3.10. The molecule has 0 aliphatic rings. The van der Waals surface area contributed by atoms with Crippen LogP contribution in [0.25, 0.3) is 0 Å². The zero-order valence-electron chi connectivity index (χ0n) is 13.3. The summed E-state index contributed by atoms with van der Waals surface area (Å²) in [5.41, 5.74) is 0.888. The molecule has 0 saturated carbocycles. The van der Waals surface area contributed by atoms with Gasteiger partial charge in [-0.15, -0.1) is 0 Å². The molecular formula is C15H13Cl2F3N2O3S. The van der Waals surface area contributed by atoms with Crippen LogP contribution in [-0.4, -0.2) is 26.2 Å². The first-order chi connectivity index (χ1) is 12.0. The average Bonchev–Trinajstić information content (AvgIpc) is 2.51. The molecule has 1 aromatic heterocycles. The van der Waals surface area contributed by atoms with Crippen LogP contribution in [0.3, 0.4) is 0 Å². The van der Waals surface area contributed by atoms with E-state index in [1.807, 2.05) is 0 Å². The van der Waals surface area contributed by atoms with E-state index in [4.69, 9.17) is 23.2 Å². The summed E-state index contributed by atoms with van der Waals surface area (Å²) in [7, 11) is -4.02. The number of alkyl halides is 3. The highest BCUT2D eigenvalue weighted by molar-refractivity contribution is 7.92. The van der Waals surface area contributed by atoms with Gasteiger partial charge in [0.2, 0.25) is 0 Å². The van der Waals surface area contributed by atoms with Gasteiger partial charge in [0, 0.05) is 11.2 Å². The Hall–Kier alpha value is -1.55. The second-order valence-electron chi connectivity index (χ2n) is 5.30. The van der Waals surface area contributed by atoms with Gasteiger partial charge >= 0.3 is 6.18 Å². The number of hydrogen-bond donors (Lipinski definition) is 1. The third-order valence-corrected chi connectivity index (χ3v) is 5.33.